The van der Waals surface area contributed by atoms with Gasteiger partial charge in [-0.05, 0) is 18.2 Å². The number of ether oxygens (including phenoxy) is 2. The van der Waals surface area contributed by atoms with Crippen LogP contribution in [0.1, 0.15) is 6.42 Å². The van der Waals surface area contributed by atoms with Crippen molar-refractivity contribution in [2.24, 2.45) is 0 Å². The minimum absolute atomic E-state index is 0.129. The van der Waals surface area contributed by atoms with Crippen LogP contribution in [0.15, 0.2) is 24.3 Å². The van der Waals surface area contributed by atoms with Crippen molar-refractivity contribution in [1.82, 2.24) is 4.90 Å². The number of hydrogen-bond acceptors (Lipinski definition) is 4. The molecule has 0 bridgehead atoms. The highest BCUT2D eigenvalue weighted by Gasteiger charge is 2.20. The van der Waals surface area contributed by atoms with Crippen molar-refractivity contribution in [2.75, 3.05) is 38.7 Å². The summed E-state index contributed by atoms with van der Waals surface area (Å²) in [6.07, 6.45) is 0.127. The monoisotopic (exact) mass is 282 g/mol. The number of morpholine rings is 1. The molecule has 0 aliphatic carbocycles. The summed E-state index contributed by atoms with van der Waals surface area (Å²) in [5.74, 6) is -0.491. The van der Waals surface area contributed by atoms with E-state index in [0.717, 1.165) is 6.54 Å². The van der Waals surface area contributed by atoms with Gasteiger partial charge in [-0.1, -0.05) is 6.07 Å². The lowest BCUT2D eigenvalue weighted by molar-refractivity contribution is -0.164. The van der Waals surface area contributed by atoms with Gasteiger partial charge in [0.2, 0.25) is 5.91 Å². The average molecular weight is 282 g/mol. The summed E-state index contributed by atoms with van der Waals surface area (Å²) in [6, 6.07) is 5.87. The fraction of sp³-hybridized carbons (Fsp3) is 0.500. The molecule has 1 fully saturated rings. The SMILES string of the molecule is COC1CN(CCC(=O)Nc2cccc(F)c2)CCO1. The number of methoxy groups -OCH3 is 1. The molecule has 1 N–H and O–H groups in total. The Morgan fingerprint density at radius 1 is 1.60 bits per heavy atom. The molecule has 2 rings (SSSR count). The third kappa shape index (κ3) is 4.56. The molecular formula is C14H19FN2O3. The molecular weight excluding hydrogens is 263 g/mol. The zero-order valence-corrected chi connectivity index (χ0v) is 11.5. The van der Waals surface area contributed by atoms with E-state index < -0.39 is 0 Å². The van der Waals surface area contributed by atoms with Gasteiger partial charge < -0.3 is 14.8 Å². The molecule has 0 spiro atoms. The zero-order chi connectivity index (χ0) is 14.4. The zero-order valence-electron chi connectivity index (χ0n) is 11.5. The van der Waals surface area contributed by atoms with Crippen LogP contribution in [0.5, 0.6) is 0 Å². The maximum Gasteiger partial charge on any atom is 0.225 e. The third-order valence-electron chi connectivity index (χ3n) is 3.14. The lowest BCUT2D eigenvalue weighted by Crippen LogP contribution is -2.44. The van der Waals surface area contributed by atoms with E-state index in [-0.39, 0.29) is 18.0 Å². The molecule has 1 saturated heterocycles. The smallest absolute Gasteiger partial charge is 0.225 e. The van der Waals surface area contributed by atoms with Gasteiger partial charge in [-0.2, -0.15) is 0 Å². The summed E-state index contributed by atoms with van der Waals surface area (Å²) >= 11 is 0. The molecule has 20 heavy (non-hydrogen) atoms. The molecule has 1 aliphatic rings. The molecule has 1 aliphatic heterocycles. The first-order chi connectivity index (χ1) is 9.67. The molecule has 1 atom stereocenters. The van der Waals surface area contributed by atoms with Crippen molar-refractivity contribution < 1.29 is 18.7 Å². The van der Waals surface area contributed by atoms with Crippen LogP contribution in [-0.4, -0.2) is 50.4 Å². The van der Waals surface area contributed by atoms with Crippen LogP contribution in [0, 0.1) is 5.82 Å². The van der Waals surface area contributed by atoms with Crippen molar-refractivity contribution in [1.29, 1.82) is 0 Å². The van der Waals surface area contributed by atoms with Gasteiger partial charge in [-0.3, -0.25) is 9.69 Å². The van der Waals surface area contributed by atoms with E-state index in [1.807, 2.05) is 0 Å². The second-order valence-corrected chi connectivity index (χ2v) is 4.65. The second-order valence-electron chi connectivity index (χ2n) is 4.65. The number of anilines is 1. The van der Waals surface area contributed by atoms with Crippen LogP contribution in [0.4, 0.5) is 10.1 Å². The molecule has 110 valence electrons. The predicted octanol–water partition coefficient (Wildman–Crippen LogP) is 1.46. The average Bonchev–Trinajstić information content (AvgIpc) is 2.45. The molecule has 1 amide bonds. The third-order valence-corrected chi connectivity index (χ3v) is 3.14. The number of carbonyl (C=O) groups is 1. The molecule has 1 heterocycles. The van der Waals surface area contributed by atoms with E-state index >= 15 is 0 Å². The van der Waals surface area contributed by atoms with E-state index in [4.69, 9.17) is 9.47 Å². The molecule has 0 radical (unpaired) electrons. The number of rotatable bonds is 5. The molecule has 0 saturated carbocycles. The second kappa shape index (κ2) is 7.33. The Hall–Kier alpha value is -1.50. The number of hydrogen-bond donors (Lipinski definition) is 1. The summed E-state index contributed by atoms with van der Waals surface area (Å²) in [5.41, 5.74) is 0.478. The highest BCUT2D eigenvalue weighted by Crippen LogP contribution is 2.10. The Morgan fingerprint density at radius 2 is 2.45 bits per heavy atom. The Balaban J connectivity index is 1.75. The Bertz CT molecular complexity index is 456. The lowest BCUT2D eigenvalue weighted by Gasteiger charge is -2.31. The topological polar surface area (TPSA) is 50.8 Å². The van der Waals surface area contributed by atoms with Crippen molar-refractivity contribution in [3.8, 4) is 0 Å². The molecule has 0 aromatic heterocycles. The fourth-order valence-corrected chi connectivity index (χ4v) is 2.06. The van der Waals surface area contributed by atoms with E-state index in [0.29, 0.717) is 31.8 Å². The van der Waals surface area contributed by atoms with Gasteiger partial charge in [0.25, 0.3) is 0 Å². The molecule has 6 heteroatoms. The standard InChI is InChI=1S/C14H19FN2O3/c1-19-14-10-17(7-8-20-14)6-5-13(18)16-12-4-2-3-11(15)9-12/h2-4,9,14H,5-8,10H2,1H3,(H,16,18). The van der Waals surface area contributed by atoms with Gasteiger partial charge in [0.15, 0.2) is 6.29 Å². The van der Waals surface area contributed by atoms with Crippen molar-refractivity contribution in [3.63, 3.8) is 0 Å². The van der Waals surface area contributed by atoms with E-state index in [1.54, 1.807) is 19.2 Å². The van der Waals surface area contributed by atoms with Crippen LogP contribution >= 0.6 is 0 Å². The number of benzene rings is 1. The van der Waals surface area contributed by atoms with Gasteiger partial charge in [-0.15, -0.1) is 0 Å². The first kappa shape index (κ1) is 14.9. The quantitative estimate of drug-likeness (QED) is 0.888. The first-order valence-electron chi connectivity index (χ1n) is 6.59. The molecule has 5 nitrogen and oxygen atoms in total. The van der Waals surface area contributed by atoms with E-state index in [9.17, 15) is 9.18 Å². The maximum absolute atomic E-state index is 13.0. The maximum atomic E-state index is 13.0. The number of amides is 1. The van der Waals surface area contributed by atoms with Crippen molar-refractivity contribution in [2.45, 2.75) is 12.7 Å². The van der Waals surface area contributed by atoms with Gasteiger partial charge in [0.05, 0.1) is 6.61 Å². The van der Waals surface area contributed by atoms with Crippen molar-refractivity contribution in [3.05, 3.63) is 30.1 Å². The molecule has 1 aromatic rings. The largest absolute Gasteiger partial charge is 0.355 e. The summed E-state index contributed by atoms with van der Waals surface area (Å²) < 4.78 is 23.5. The summed E-state index contributed by atoms with van der Waals surface area (Å²) in [6.45, 7) is 2.67. The van der Waals surface area contributed by atoms with Gasteiger partial charge in [0.1, 0.15) is 5.82 Å². The number of nitrogens with one attached hydrogen (secondary N) is 1. The molecule has 1 aromatic carbocycles. The Labute approximate surface area is 117 Å². The van der Waals surface area contributed by atoms with Gasteiger partial charge >= 0.3 is 0 Å². The van der Waals surface area contributed by atoms with Gasteiger partial charge in [0, 0.05) is 38.9 Å². The minimum Gasteiger partial charge on any atom is -0.355 e. The normalized spacial score (nSPS) is 19.8. The van der Waals surface area contributed by atoms with Gasteiger partial charge in [-0.25, -0.2) is 4.39 Å². The summed E-state index contributed by atoms with van der Waals surface area (Å²) in [5, 5.41) is 2.68. The summed E-state index contributed by atoms with van der Waals surface area (Å²) in [7, 11) is 1.60. The Morgan fingerprint density at radius 3 is 3.20 bits per heavy atom. The highest BCUT2D eigenvalue weighted by atomic mass is 19.1. The minimum atomic E-state index is -0.362. The number of nitrogens with zero attached hydrogens (tertiary/aromatic N) is 1. The van der Waals surface area contributed by atoms with E-state index in [1.165, 1.54) is 12.1 Å². The highest BCUT2D eigenvalue weighted by molar-refractivity contribution is 5.90. The van der Waals surface area contributed by atoms with Crippen LogP contribution in [0.25, 0.3) is 0 Å². The van der Waals surface area contributed by atoms with Crippen LogP contribution < -0.4 is 5.32 Å². The number of halogens is 1. The number of carbonyl (C=O) groups excluding carboxylic acids is 1. The lowest BCUT2D eigenvalue weighted by atomic mass is 10.3. The predicted molar refractivity (Wildman–Crippen MR) is 72.8 cm³/mol. The van der Waals surface area contributed by atoms with Crippen LogP contribution in [0.3, 0.4) is 0 Å². The summed E-state index contributed by atoms with van der Waals surface area (Å²) in [4.78, 5) is 13.9. The fourth-order valence-electron chi connectivity index (χ4n) is 2.06. The van der Waals surface area contributed by atoms with Crippen LogP contribution in [0.2, 0.25) is 0 Å². The van der Waals surface area contributed by atoms with Crippen molar-refractivity contribution >= 4 is 11.6 Å². The molecule has 1 unspecified atom stereocenters. The Kier molecular flexibility index (Phi) is 5.46. The van der Waals surface area contributed by atoms with Crippen LogP contribution in [-0.2, 0) is 14.3 Å². The van der Waals surface area contributed by atoms with E-state index in [2.05, 4.69) is 10.2 Å². The first-order valence-corrected chi connectivity index (χ1v) is 6.59.